The number of hydrogen-bond donors (Lipinski definition) is 2. The Morgan fingerprint density at radius 1 is 1.33 bits per heavy atom. The van der Waals surface area contributed by atoms with E-state index in [4.69, 9.17) is 5.73 Å². The zero-order chi connectivity index (χ0) is 13.8. The predicted molar refractivity (Wildman–Crippen MR) is 62.1 cm³/mol. The van der Waals surface area contributed by atoms with Crippen molar-refractivity contribution in [3.63, 3.8) is 0 Å². The lowest BCUT2D eigenvalue weighted by Crippen LogP contribution is -2.28. The first kappa shape index (κ1) is 14.1. The summed E-state index contributed by atoms with van der Waals surface area (Å²) in [6, 6.07) is 4.40. The molecule has 0 unspecified atom stereocenters. The van der Waals surface area contributed by atoms with Gasteiger partial charge in [0.1, 0.15) is 0 Å². The summed E-state index contributed by atoms with van der Waals surface area (Å²) in [5.74, 6) is -0.624. The van der Waals surface area contributed by atoms with Crippen LogP contribution in [0.5, 0.6) is 0 Å². The van der Waals surface area contributed by atoms with Crippen LogP contribution < -0.4 is 10.5 Å². The van der Waals surface area contributed by atoms with E-state index in [1.807, 2.05) is 0 Å². The van der Waals surface area contributed by atoms with Crippen molar-refractivity contribution in [2.45, 2.75) is 11.3 Å². The minimum Gasteiger partial charge on any atom is -0.370 e. The molecule has 9 heteroatoms. The number of nitrogens with one attached hydrogen (secondary N) is 1. The average molecular weight is 273 g/mol. The first-order valence-corrected chi connectivity index (χ1v) is 6.33. The van der Waals surface area contributed by atoms with Crippen molar-refractivity contribution in [2.75, 3.05) is 6.54 Å². The smallest absolute Gasteiger partial charge is 0.269 e. The Bertz CT molecular complexity index is 552. The number of non-ortho nitro benzene ring substituents is 1. The van der Waals surface area contributed by atoms with E-state index in [1.54, 1.807) is 0 Å². The summed E-state index contributed by atoms with van der Waals surface area (Å²) in [6.07, 6.45) is -0.119. The number of amides is 1. The summed E-state index contributed by atoms with van der Waals surface area (Å²) in [5, 5.41) is 10.4. The number of nitro groups is 1. The highest BCUT2D eigenvalue weighted by Crippen LogP contribution is 2.15. The summed E-state index contributed by atoms with van der Waals surface area (Å²) in [6.45, 7) is -0.116. The van der Waals surface area contributed by atoms with Crippen molar-refractivity contribution < 1.29 is 18.1 Å². The molecule has 0 aliphatic rings. The van der Waals surface area contributed by atoms with Crippen LogP contribution in [0, 0.1) is 10.1 Å². The highest BCUT2D eigenvalue weighted by Gasteiger charge is 2.15. The number of hydrogen-bond acceptors (Lipinski definition) is 5. The van der Waals surface area contributed by atoms with Crippen LogP contribution in [0.2, 0.25) is 0 Å². The summed E-state index contributed by atoms with van der Waals surface area (Å²) < 4.78 is 25.5. The second-order valence-corrected chi connectivity index (χ2v) is 5.13. The Labute approximate surface area is 103 Å². The molecule has 0 aliphatic heterocycles. The van der Waals surface area contributed by atoms with E-state index in [0.717, 1.165) is 24.3 Å². The van der Waals surface area contributed by atoms with Crippen LogP contribution in [0.1, 0.15) is 6.42 Å². The summed E-state index contributed by atoms with van der Waals surface area (Å²) in [4.78, 5) is 20.1. The van der Waals surface area contributed by atoms with Crippen LogP contribution in [-0.4, -0.2) is 25.8 Å². The molecule has 0 fully saturated rings. The molecule has 0 radical (unpaired) electrons. The molecular formula is C9H11N3O5S. The third-order valence-electron chi connectivity index (χ3n) is 2.02. The minimum absolute atomic E-state index is 0.113. The molecule has 0 atom stereocenters. The summed E-state index contributed by atoms with van der Waals surface area (Å²) in [7, 11) is -3.78. The maximum absolute atomic E-state index is 11.7. The molecule has 1 rings (SSSR count). The van der Waals surface area contributed by atoms with Gasteiger partial charge in [-0.2, -0.15) is 0 Å². The quantitative estimate of drug-likeness (QED) is 0.544. The number of nitrogens with zero attached hydrogens (tertiary/aromatic N) is 1. The molecule has 0 aliphatic carbocycles. The van der Waals surface area contributed by atoms with Crippen molar-refractivity contribution >= 4 is 21.6 Å². The van der Waals surface area contributed by atoms with Crippen molar-refractivity contribution in [1.29, 1.82) is 0 Å². The number of carbonyl (C=O) groups excluding carboxylic acids is 1. The topological polar surface area (TPSA) is 132 Å². The van der Waals surface area contributed by atoms with Crippen LogP contribution >= 0.6 is 0 Å². The third-order valence-corrected chi connectivity index (χ3v) is 3.50. The maximum atomic E-state index is 11.7. The molecule has 1 aromatic carbocycles. The molecule has 98 valence electrons. The number of benzene rings is 1. The van der Waals surface area contributed by atoms with E-state index in [2.05, 4.69) is 4.72 Å². The Morgan fingerprint density at radius 2 is 1.89 bits per heavy atom. The standard InChI is InChI=1S/C9H11N3O5S/c10-9(13)5-6-11-18(16,17)8-3-1-7(2-4-8)12(14)15/h1-4,11H,5-6H2,(H2,10,13). The van der Waals surface area contributed by atoms with Gasteiger partial charge in [-0.1, -0.05) is 0 Å². The first-order chi connectivity index (χ1) is 8.33. The molecule has 8 nitrogen and oxygen atoms in total. The van der Waals surface area contributed by atoms with E-state index >= 15 is 0 Å². The van der Waals surface area contributed by atoms with Gasteiger partial charge in [0.2, 0.25) is 15.9 Å². The van der Waals surface area contributed by atoms with Gasteiger partial charge >= 0.3 is 0 Å². The van der Waals surface area contributed by atoms with Gasteiger partial charge in [-0.15, -0.1) is 0 Å². The number of rotatable bonds is 6. The number of nitrogens with two attached hydrogens (primary N) is 1. The molecule has 3 N–H and O–H groups in total. The summed E-state index contributed by atoms with van der Waals surface area (Å²) in [5.41, 5.74) is 4.66. The van der Waals surface area contributed by atoms with Gasteiger partial charge in [0, 0.05) is 25.1 Å². The third kappa shape index (κ3) is 3.79. The van der Waals surface area contributed by atoms with E-state index in [0.29, 0.717) is 0 Å². The molecule has 0 aromatic heterocycles. The van der Waals surface area contributed by atoms with Crippen molar-refractivity contribution in [3.05, 3.63) is 34.4 Å². The SMILES string of the molecule is NC(=O)CCNS(=O)(=O)c1ccc([N+](=O)[O-])cc1. The second-order valence-electron chi connectivity index (χ2n) is 3.37. The second kappa shape index (κ2) is 5.56. The van der Waals surface area contributed by atoms with E-state index in [-0.39, 0.29) is 23.5 Å². The molecule has 0 heterocycles. The fraction of sp³-hybridized carbons (Fsp3) is 0.222. The molecule has 0 saturated carbocycles. The van der Waals surface area contributed by atoms with Crippen LogP contribution in [0.3, 0.4) is 0 Å². The van der Waals surface area contributed by atoms with E-state index in [1.165, 1.54) is 0 Å². The number of sulfonamides is 1. The van der Waals surface area contributed by atoms with Crippen molar-refractivity contribution in [1.82, 2.24) is 4.72 Å². The Hall–Kier alpha value is -2.00. The first-order valence-electron chi connectivity index (χ1n) is 4.85. The average Bonchev–Trinajstić information content (AvgIpc) is 2.28. The van der Waals surface area contributed by atoms with Crippen LogP contribution in [-0.2, 0) is 14.8 Å². The number of primary amides is 1. The van der Waals surface area contributed by atoms with Gasteiger partial charge in [0.25, 0.3) is 5.69 Å². The molecule has 18 heavy (non-hydrogen) atoms. The van der Waals surface area contributed by atoms with Crippen molar-refractivity contribution in [3.8, 4) is 0 Å². The maximum Gasteiger partial charge on any atom is 0.269 e. The normalized spacial score (nSPS) is 11.1. The van der Waals surface area contributed by atoms with Gasteiger partial charge in [-0.3, -0.25) is 14.9 Å². The van der Waals surface area contributed by atoms with Crippen molar-refractivity contribution in [2.24, 2.45) is 5.73 Å². The van der Waals surface area contributed by atoms with Crippen LogP contribution in [0.25, 0.3) is 0 Å². The molecule has 1 aromatic rings. The van der Waals surface area contributed by atoms with Crippen LogP contribution in [0.4, 0.5) is 5.69 Å². The number of carbonyl (C=O) groups is 1. The Balaban J connectivity index is 2.79. The molecule has 0 saturated heterocycles. The van der Waals surface area contributed by atoms with E-state index < -0.39 is 20.9 Å². The molecule has 0 bridgehead atoms. The van der Waals surface area contributed by atoms with Gasteiger partial charge in [-0.25, -0.2) is 13.1 Å². The van der Waals surface area contributed by atoms with E-state index in [9.17, 15) is 23.3 Å². The highest BCUT2D eigenvalue weighted by atomic mass is 32.2. The minimum atomic E-state index is -3.78. The van der Waals surface area contributed by atoms with Gasteiger partial charge in [0.15, 0.2) is 0 Å². The van der Waals surface area contributed by atoms with Gasteiger partial charge in [0.05, 0.1) is 9.82 Å². The molecule has 0 spiro atoms. The zero-order valence-electron chi connectivity index (χ0n) is 9.20. The lowest BCUT2D eigenvalue weighted by atomic mass is 10.3. The number of nitro benzene ring substituents is 1. The fourth-order valence-corrected chi connectivity index (χ4v) is 2.17. The monoisotopic (exact) mass is 273 g/mol. The lowest BCUT2D eigenvalue weighted by molar-refractivity contribution is -0.384. The predicted octanol–water partition coefficient (Wildman–Crippen LogP) is -0.251. The van der Waals surface area contributed by atoms with Crippen LogP contribution in [0.15, 0.2) is 29.2 Å². The largest absolute Gasteiger partial charge is 0.370 e. The Morgan fingerprint density at radius 3 is 2.33 bits per heavy atom. The lowest BCUT2D eigenvalue weighted by Gasteiger charge is -2.05. The zero-order valence-corrected chi connectivity index (χ0v) is 10.0. The molecular weight excluding hydrogens is 262 g/mol. The Kier molecular flexibility index (Phi) is 4.34. The van der Waals surface area contributed by atoms with Gasteiger partial charge < -0.3 is 5.73 Å². The summed E-state index contributed by atoms with van der Waals surface area (Å²) >= 11 is 0. The molecule has 1 amide bonds. The van der Waals surface area contributed by atoms with Gasteiger partial charge in [-0.05, 0) is 12.1 Å². The fourth-order valence-electron chi connectivity index (χ4n) is 1.14. The highest BCUT2D eigenvalue weighted by molar-refractivity contribution is 7.89.